The normalized spacial score (nSPS) is 9.72. The highest BCUT2D eigenvalue weighted by Gasteiger charge is 2.05. The first-order valence-electron chi connectivity index (χ1n) is 16.4. The Bertz CT molecular complexity index is 1560. The van der Waals surface area contributed by atoms with Gasteiger partial charge in [0.25, 0.3) is 0 Å². The van der Waals surface area contributed by atoms with Gasteiger partial charge in [0.05, 0.1) is 16.6 Å². The molecule has 6 aromatic rings. The number of benzene rings is 3. The summed E-state index contributed by atoms with van der Waals surface area (Å²) in [5.74, 6) is 1.63. The summed E-state index contributed by atoms with van der Waals surface area (Å²) in [7, 11) is 0. The first-order valence-corrected chi connectivity index (χ1v) is 16.4. The SMILES string of the molecule is C.CC.CC.CC.CC(C)c1ccc2cncnc2c1.CC(C)c1ccc2ncncc2c1.CC(C)c1cccc2cncnc12. The summed E-state index contributed by atoms with van der Waals surface area (Å²) in [5.41, 5.74) is 7.07. The van der Waals surface area contributed by atoms with Gasteiger partial charge < -0.3 is 0 Å². The molecule has 3 aromatic carbocycles. The number of aromatic nitrogens is 6. The van der Waals surface area contributed by atoms with Crippen molar-refractivity contribution in [3.05, 3.63) is 109 Å². The molecule has 0 unspecified atom stereocenters. The largest absolute Gasteiger partial charge is 0.244 e. The Kier molecular flexibility index (Phi) is 20.9. The van der Waals surface area contributed by atoms with Crippen LogP contribution in [0.3, 0.4) is 0 Å². The van der Waals surface area contributed by atoms with E-state index in [4.69, 9.17) is 0 Å². The van der Waals surface area contributed by atoms with Gasteiger partial charge in [0.2, 0.25) is 0 Å². The molecule has 0 spiro atoms. The van der Waals surface area contributed by atoms with Crippen LogP contribution >= 0.6 is 0 Å². The minimum atomic E-state index is 0. The average Bonchev–Trinajstić information content (AvgIpc) is 3.10. The van der Waals surface area contributed by atoms with E-state index in [0.29, 0.717) is 17.8 Å². The van der Waals surface area contributed by atoms with Gasteiger partial charge in [0, 0.05) is 34.7 Å². The summed E-state index contributed by atoms with van der Waals surface area (Å²) in [5, 5.41) is 3.34. The van der Waals surface area contributed by atoms with Gasteiger partial charge in [-0.05, 0) is 52.6 Å². The molecule has 0 aliphatic heterocycles. The number of para-hydroxylation sites is 1. The summed E-state index contributed by atoms with van der Waals surface area (Å²) in [6, 6.07) is 18.9. The van der Waals surface area contributed by atoms with Crippen molar-refractivity contribution < 1.29 is 0 Å². The summed E-state index contributed by atoms with van der Waals surface area (Å²) in [6.07, 6.45) is 10.3. The number of hydrogen-bond acceptors (Lipinski definition) is 6. The summed E-state index contributed by atoms with van der Waals surface area (Å²) in [4.78, 5) is 24.7. The van der Waals surface area contributed by atoms with Gasteiger partial charge in [-0.1, -0.05) is 127 Å². The number of fused-ring (bicyclic) bond motifs is 3. The summed E-state index contributed by atoms with van der Waals surface area (Å²) < 4.78 is 0. The van der Waals surface area contributed by atoms with Crippen LogP contribution in [0.4, 0.5) is 0 Å². The molecule has 0 aliphatic rings. The molecule has 0 atom stereocenters. The highest BCUT2D eigenvalue weighted by Crippen LogP contribution is 2.22. The molecule has 46 heavy (non-hydrogen) atoms. The highest BCUT2D eigenvalue weighted by molar-refractivity contribution is 5.81. The number of rotatable bonds is 3. The molecular formula is C40H58N6. The third kappa shape index (κ3) is 12.6. The van der Waals surface area contributed by atoms with Crippen LogP contribution in [-0.4, -0.2) is 29.9 Å². The molecule has 6 heteroatoms. The predicted molar refractivity (Wildman–Crippen MR) is 202 cm³/mol. The lowest BCUT2D eigenvalue weighted by molar-refractivity contribution is 0.868. The molecular weight excluding hydrogens is 564 g/mol. The van der Waals surface area contributed by atoms with Gasteiger partial charge in [-0.2, -0.15) is 0 Å². The Labute approximate surface area is 279 Å². The first-order chi connectivity index (χ1) is 21.8. The minimum absolute atomic E-state index is 0. The molecule has 248 valence electrons. The van der Waals surface area contributed by atoms with Crippen LogP contribution in [0, 0.1) is 0 Å². The van der Waals surface area contributed by atoms with Gasteiger partial charge in [0.1, 0.15) is 19.0 Å². The first kappa shape index (κ1) is 41.7. The van der Waals surface area contributed by atoms with Crippen LogP contribution in [0.5, 0.6) is 0 Å². The summed E-state index contributed by atoms with van der Waals surface area (Å²) >= 11 is 0. The molecule has 6 rings (SSSR count). The molecule has 0 aliphatic carbocycles. The van der Waals surface area contributed by atoms with Gasteiger partial charge in [-0.3, -0.25) is 0 Å². The predicted octanol–water partition coefficient (Wildman–Crippen LogP) is 12.0. The van der Waals surface area contributed by atoms with E-state index < -0.39 is 0 Å². The second-order valence-electron chi connectivity index (χ2n) is 10.5. The fraction of sp³-hybridized carbons (Fsp3) is 0.400. The quantitative estimate of drug-likeness (QED) is 0.195. The van der Waals surface area contributed by atoms with Gasteiger partial charge >= 0.3 is 0 Å². The van der Waals surface area contributed by atoms with Crippen molar-refractivity contribution in [1.82, 2.24) is 29.9 Å². The van der Waals surface area contributed by atoms with Gasteiger partial charge in [0.15, 0.2) is 0 Å². The molecule has 0 saturated carbocycles. The maximum atomic E-state index is 4.29. The van der Waals surface area contributed by atoms with Crippen molar-refractivity contribution in [2.75, 3.05) is 0 Å². The fourth-order valence-corrected chi connectivity index (χ4v) is 4.22. The molecule has 3 aromatic heterocycles. The Morgan fingerprint density at radius 3 is 1.54 bits per heavy atom. The zero-order chi connectivity index (χ0) is 33.8. The average molecular weight is 623 g/mol. The van der Waals surface area contributed by atoms with Crippen molar-refractivity contribution in [3.63, 3.8) is 0 Å². The van der Waals surface area contributed by atoms with Crippen LogP contribution in [0.1, 0.15) is 125 Å². The third-order valence-corrected chi connectivity index (χ3v) is 6.58. The van der Waals surface area contributed by atoms with Crippen LogP contribution in [0.25, 0.3) is 32.7 Å². The second kappa shape index (κ2) is 23.1. The molecule has 0 saturated heterocycles. The van der Waals surface area contributed by atoms with Crippen LogP contribution < -0.4 is 0 Å². The Morgan fingerprint density at radius 1 is 0.457 bits per heavy atom. The molecule has 0 amide bonds. The van der Waals surface area contributed by atoms with Crippen molar-refractivity contribution >= 4 is 32.7 Å². The number of nitrogens with zero attached hydrogens (tertiary/aromatic N) is 6. The molecule has 0 radical (unpaired) electrons. The number of hydrogen-bond donors (Lipinski definition) is 0. The molecule has 0 fully saturated rings. The standard InChI is InChI=1S/3C11H12N2.3C2H6.CH4/c1-8(2)9-3-4-11-10(5-9)6-12-7-13-11;1-8(2)9-3-4-10-6-12-7-13-11(10)5-9;1-8(2)10-5-3-4-9-6-12-7-13-11(9)10;3*1-2;/h3*3-8H,1-2H3;3*1-2H3;1H4. The molecule has 3 heterocycles. The second-order valence-corrected chi connectivity index (χ2v) is 10.5. The van der Waals surface area contributed by atoms with Crippen LogP contribution in [-0.2, 0) is 0 Å². The van der Waals surface area contributed by atoms with Crippen LogP contribution in [0.2, 0.25) is 0 Å². The maximum Gasteiger partial charge on any atom is 0.116 e. The lowest BCUT2D eigenvalue weighted by Crippen LogP contribution is -1.91. The van der Waals surface area contributed by atoms with E-state index in [2.05, 4.69) is 114 Å². The smallest absolute Gasteiger partial charge is 0.116 e. The van der Waals surface area contributed by atoms with Crippen molar-refractivity contribution in [2.24, 2.45) is 0 Å². The van der Waals surface area contributed by atoms with Crippen LogP contribution in [0.15, 0.2) is 92.2 Å². The molecule has 0 bridgehead atoms. The molecule has 0 N–H and O–H groups in total. The monoisotopic (exact) mass is 622 g/mol. The highest BCUT2D eigenvalue weighted by atomic mass is 14.8. The zero-order valence-electron chi connectivity index (χ0n) is 29.6. The van der Waals surface area contributed by atoms with E-state index in [1.807, 2.05) is 72.3 Å². The van der Waals surface area contributed by atoms with Crippen molar-refractivity contribution in [1.29, 1.82) is 0 Å². The fourth-order valence-electron chi connectivity index (χ4n) is 4.22. The van der Waals surface area contributed by atoms with E-state index in [1.54, 1.807) is 19.0 Å². The Balaban J connectivity index is 0.000000603. The maximum absolute atomic E-state index is 4.29. The summed E-state index contributed by atoms with van der Waals surface area (Å²) in [6.45, 7) is 25.1. The lowest BCUT2D eigenvalue weighted by atomic mass is 10.0. The van der Waals surface area contributed by atoms with E-state index in [-0.39, 0.29) is 7.43 Å². The van der Waals surface area contributed by atoms with Crippen molar-refractivity contribution in [2.45, 2.75) is 108 Å². The van der Waals surface area contributed by atoms with Crippen molar-refractivity contribution in [3.8, 4) is 0 Å². The Hall–Kier alpha value is -4.32. The minimum Gasteiger partial charge on any atom is -0.244 e. The topological polar surface area (TPSA) is 77.3 Å². The van der Waals surface area contributed by atoms with E-state index in [1.165, 1.54) is 16.7 Å². The van der Waals surface area contributed by atoms with E-state index in [9.17, 15) is 0 Å². The zero-order valence-corrected chi connectivity index (χ0v) is 29.6. The Morgan fingerprint density at radius 2 is 0.957 bits per heavy atom. The van der Waals surface area contributed by atoms with E-state index >= 15 is 0 Å². The van der Waals surface area contributed by atoms with Gasteiger partial charge in [-0.15, -0.1) is 0 Å². The third-order valence-electron chi connectivity index (χ3n) is 6.58. The molecule has 6 nitrogen and oxygen atoms in total. The van der Waals surface area contributed by atoms with E-state index in [0.717, 1.165) is 32.7 Å². The van der Waals surface area contributed by atoms with Gasteiger partial charge in [-0.25, -0.2) is 29.9 Å². The lowest BCUT2D eigenvalue weighted by Gasteiger charge is -2.07.